The highest BCUT2D eigenvalue weighted by atomic mass is 19.1. The number of esters is 1. The van der Waals surface area contributed by atoms with Gasteiger partial charge in [0.25, 0.3) is 0 Å². The smallest absolute Gasteiger partial charge is 0.322 e. The van der Waals surface area contributed by atoms with Crippen LogP contribution in [0, 0.1) is 11.7 Å². The van der Waals surface area contributed by atoms with Crippen molar-refractivity contribution in [2.75, 3.05) is 7.11 Å². The van der Waals surface area contributed by atoms with Crippen molar-refractivity contribution in [1.29, 1.82) is 0 Å². The Morgan fingerprint density at radius 1 is 1.30 bits per heavy atom. The fourth-order valence-electron chi connectivity index (χ4n) is 3.53. The van der Waals surface area contributed by atoms with E-state index in [1.165, 1.54) is 32.1 Å². The second-order valence-electron chi connectivity index (χ2n) is 6.39. The molecule has 0 radical (unpaired) electrons. The van der Waals surface area contributed by atoms with Crippen LogP contribution in [0.15, 0.2) is 18.2 Å². The van der Waals surface area contributed by atoms with Gasteiger partial charge in [0.1, 0.15) is 23.7 Å². The molecule has 2 N–H and O–H groups in total. The molecule has 4 nitrogen and oxygen atoms in total. The fourth-order valence-corrected chi connectivity index (χ4v) is 3.53. The molecule has 23 heavy (non-hydrogen) atoms. The molecule has 0 spiro atoms. The summed E-state index contributed by atoms with van der Waals surface area (Å²) in [6.45, 7) is 3.49. The summed E-state index contributed by atoms with van der Waals surface area (Å²) in [6.07, 6.45) is 4.14. The molecule has 0 heterocycles. The third kappa shape index (κ3) is 4.22. The molecular weight excluding hydrogens is 297 g/mol. The predicted molar refractivity (Wildman–Crippen MR) is 86.9 cm³/mol. The van der Waals surface area contributed by atoms with Gasteiger partial charge in [0.05, 0.1) is 7.11 Å². The summed E-state index contributed by atoms with van der Waals surface area (Å²) < 4.78 is 24.4. The molecular formula is C18H26FNO3. The van der Waals surface area contributed by atoms with Crippen molar-refractivity contribution in [3.63, 3.8) is 0 Å². The number of nitrogens with two attached hydrogens (primary N) is 1. The van der Waals surface area contributed by atoms with Gasteiger partial charge in [-0.05, 0) is 38.7 Å². The molecule has 5 heteroatoms. The van der Waals surface area contributed by atoms with Crippen LogP contribution in [0.5, 0.6) is 5.75 Å². The Balaban J connectivity index is 2.32. The van der Waals surface area contributed by atoms with E-state index in [4.69, 9.17) is 15.2 Å². The van der Waals surface area contributed by atoms with E-state index in [1.54, 1.807) is 13.0 Å². The molecule has 0 unspecified atom stereocenters. The molecule has 1 fully saturated rings. The molecule has 1 aliphatic carbocycles. The number of ether oxygens (including phenoxy) is 2. The van der Waals surface area contributed by atoms with Crippen molar-refractivity contribution in [3.05, 3.63) is 29.6 Å². The minimum atomic E-state index is -0.656. The zero-order valence-electron chi connectivity index (χ0n) is 14.0. The fraction of sp³-hybridized carbons (Fsp3) is 0.611. The van der Waals surface area contributed by atoms with Crippen LogP contribution in [0.1, 0.15) is 51.0 Å². The number of rotatable bonds is 6. The SMILES string of the molecule is COc1cc(F)ccc1[C@H](C1CCCC1)[C@H](C)OC(=O)[C@H](C)N. The maximum Gasteiger partial charge on any atom is 0.322 e. The van der Waals surface area contributed by atoms with Crippen LogP contribution in [-0.2, 0) is 9.53 Å². The third-order valence-corrected chi connectivity index (χ3v) is 4.64. The molecule has 128 valence electrons. The van der Waals surface area contributed by atoms with Gasteiger partial charge in [-0.25, -0.2) is 4.39 Å². The zero-order chi connectivity index (χ0) is 17.0. The van der Waals surface area contributed by atoms with Gasteiger partial charge < -0.3 is 15.2 Å². The van der Waals surface area contributed by atoms with Crippen molar-refractivity contribution in [2.24, 2.45) is 11.7 Å². The van der Waals surface area contributed by atoms with Gasteiger partial charge >= 0.3 is 5.97 Å². The van der Waals surface area contributed by atoms with E-state index >= 15 is 0 Å². The number of carbonyl (C=O) groups excluding carboxylic acids is 1. The van der Waals surface area contributed by atoms with Gasteiger partial charge in [0, 0.05) is 17.5 Å². The summed E-state index contributed by atoms with van der Waals surface area (Å²) in [5, 5.41) is 0. The van der Waals surface area contributed by atoms with Crippen molar-refractivity contribution in [2.45, 2.75) is 57.6 Å². The average molecular weight is 323 g/mol. The summed E-state index contributed by atoms with van der Waals surface area (Å²) in [4.78, 5) is 11.9. The Hall–Kier alpha value is -1.62. The van der Waals surface area contributed by atoms with Gasteiger partial charge in [0.2, 0.25) is 0 Å². The summed E-state index contributed by atoms with van der Waals surface area (Å²) in [5.41, 5.74) is 6.50. The highest BCUT2D eigenvalue weighted by Gasteiger charge is 2.35. The molecule has 1 aromatic carbocycles. The van der Waals surface area contributed by atoms with Crippen molar-refractivity contribution in [3.8, 4) is 5.75 Å². The largest absolute Gasteiger partial charge is 0.496 e. The molecule has 3 atom stereocenters. The van der Waals surface area contributed by atoms with E-state index in [-0.39, 0.29) is 17.8 Å². The van der Waals surface area contributed by atoms with E-state index < -0.39 is 12.0 Å². The first-order valence-electron chi connectivity index (χ1n) is 8.23. The normalized spacial score (nSPS) is 19.2. The maximum absolute atomic E-state index is 13.5. The number of hydrogen-bond donors (Lipinski definition) is 1. The second kappa shape index (κ2) is 7.77. The summed E-state index contributed by atoms with van der Waals surface area (Å²) >= 11 is 0. The minimum Gasteiger partial charge on any atom is -0.496 e. The number of halogens is 1. The van der Waals surface area contributed by atoms with Crippen molar-refractivity contribution in [1.82, 2.24) is 0 Å². The van der Waals surface area contributed by atoms with Crippen LogP contribution in [-0.4, -0.2) is 25.2 Å². The lowest BCUT2D eigenvalue weighted by Crippen LogP contribution is -2.35. The molecule has 0 amide bonds. The topological polar surface area (TPSA) is 61.5 Å². The first kappa shape index (κ1) is 17.7. The number of carbonyl (C=O) groups is 1. The van der Waals surface area contributed by atoms with Gasteiger partial charge in [-0.1, -0.05) is 18.9 Å². The Bertz CT molecular complexity index is 541. The molecule has 1 aliphatic rings. The number of methoxy groups -OCH3 is 1. The molecule has 1 aromatic rings. The Morgan fingerprint density at radius 3 is 2.52 bits per heavy atom. The lowest BCUT2D eigenvalue weighted by atomic mass is 9.80. The molecule has 0 saturated heterocycles. The summed E-state index contributed by atoms with van der Waals surface area (Å²) in [6, 6.07) is 3.90. The van der Waals surface area contributed by atoms with Crippen LogP contribution < -0.4 is 10.5 Å². The van der Waals surface area contributed by atoms with Crippen LogP contribution in [0.2, 0.25) is 0 Å². The monoisotopic (exact) mass is 323 g/mol. The van der Waals surface area contributed by atoms with Gasteiger partial charge in [-0.15, -0.1) is 0 Å². The van der Waals surface area contributed by atoms with E-state index in [0.717, 1.165) is 18.4 Å². The van der Waals surface area contributed by atoms with Crippen molar-refractivity contribution < 1.29 is 18.7 Å². The lowest BCUT2D eigenvalue weighted by Gasteiger charge is -2.31. The average Bonchev–Trinajstić information content (AvgIpc) is 3.02. The molecule has 0 bridgehead atoms. The number of benzene rings is 1. The molecule has 2 rings (SSSR count). The van der Waals surface area contributed by atoms with Crippen LogP contribution in [0.3, 0.4) is 0 Å². The first-order valence-corrected chi connectivity index (χ1v) is 8.23. The van der Waals surface area contributed by atoms with Gasteiger partial charge in [0.15, 0.2) is 0 Å². The van der Waals surface area contributed by atoms with Crippen LogP contribution >= 0.6 is 0 Å². The van der Waals surface area contributed by atoms with Gasteiger partial charge in [-0.2, -0.15) is 0 Å². The summed E-state index contributed by atoms with van der Waals surface area (Å²) in [5.74, 6) is 0.129. The first-order chi connectivity index (χ1) is 10.9. The van der Waals surface area contributed by atoms with Crippen molar-refractivity contribution >= 4 is 5.97 Å². The molecule has 0 aromatic heterocycles. The zero-order valence-corrected chi connectivity index (χ0v) is 14.0. The van der Waals surface area contributed by atoms with E-state index in [2.05, 4.69) is 0 Å². The quantitative estimate of drug-likeness (QED) is 0.815. The maximum atomic E-state index is 13.5. The highest BCUT2D eigenvalue weighted by Crippen LogP contribution is 2.43. The Morgan fingerprint density at radius 2 is 1.96 bits per heavy atom. The highest BCUT2D eigenvalue weighted by molar-refractivity contribution is 5.75. The number of hydrogen-bond acceptors (Lipinski definition) is 4. The standard InChI is InChI=1S/C18H26FNO3/c1-11(20)18(21)23-12(2)17(13-6-4-5-7-13)15-9-8-14(19)10-16(15)22-3/h8-13,17H,4-7,20H2,1-3H3/t11-,12-,17-/m0/s1. The second-order valence-corrected chi connectivity index (χ2v) is 6.39. The lowest BCUT2D eigenvalue weighted by molar-refractivity contribution is -0.151. The minimum absolute atomic E-state index is 0.0178. The Kier molecular flexibility index (Phi) is 5.99. The van der Waals surface area contributed by atoms with E-state index in [1.807, 2.05) is 6.92 Å². The molecule has 1 saturated carbocycles. The van der Waals surface area contributed by atoms with E-state index in [9.17, 15) is 9.18 Å². The Labute approximate surface area is 137 Å². The predicted octanol–water partition coefficient (Wildman–Crippen LogP) is 3.39. The van der Waals surface area contributed by atoms with Crippen LogP contribution in [0.25, 0.3) is 0 Å². The molecule has 0 aliphatic heterocycles. The summed E-state index contributed by atoms with van der Waals surface area (Å²) in [7, 11) is 1.53. The van der Waals surface area contributed by atoms with E-state index in [0.29, 0.717) is 11.7 Å². The van der Waals surface area contributed by atoms with Crippen LogP contribution in [0.4, 0.5) is 4.39 Å². The van der Waals surface area contributed by atoms with Gasteiger partial charge in [-0.3, -0.25) is 4.79 Å². The third-order valence-electron chi connectivity index (χ3n) is 4.64.